The van der Waals surface area contributed by atoms with Gasteiger partial charge >= 0.3 is 0 Å². The Kier molecular flexibility index (Phi) is 3.70. The standard InChI is InChI=1S/C12H14BrNOS/c1-12(3-2-4-16-12)11(15)6-9-5-10(13)8-14-7-9/h5,7-8H,2-4,6H2,1H3. The van der Waals surface area contributed by atoms with E-state index in [0.717, 1.165) is 28.6 Å². The van der Waals surface area contributed by atoms with Gasteiger partial charge in [0.1, 0.15) is 0 Å². The van der Waals surface area contributed by atoms with Crippen molar-refractivity contribution in [1.82, 2.24) is 4.98 Å². The first-order valence-electron chi connectivity index (χ1n) is 5.37. The number of pyridine rings is 1. The molecule has 0 aromatic carbocycles. The molecule has 0 radical (unpaired) electrons. The summed E-state index contributed by atoms with van der Waals surface area (Å²) in [5.41, 5.74) is 0.994. The van der Waals surface area contributed by atoms with Gasteiger partial charge in [-0.2, -0.15) is 0 Å². The Hall–Kier alpha value is -0.350. The van der Waals surface area contributed by atoms with Crippen LogP contribution in [-0.4, -0.2) is 21.3 Å². The van der Waals surface area contributed by atoms with Crippen LogP contribution in [0.15, 0.2) is 22.9 Å². The minimum atomic E-state index is -0.164. The quantitative estimate of drug-likeness (QED) is 0.858. The van der Waals surface area contributed by atoms with Gasteiger partial charge in [-0.15, -0.1) is 11.8 Å². The van der Waals surface area contributed by atoms with Crippen molar-refractivity contribution < 1.29 is 4.79 Å². The number of ketones is 1. The van der Waals surface area contributed by atoms with Crippen LogP contribution >= 0.6 is 27.7 Å². The van der Waals surface area contributed by atoms with Crippen LogP contribution < -0.4 is 0 Å². The highest BCUT2D eigenvalue weighted by Gasteiger charge is 2.36. The van der Waals surface area contributed by atoms with E-state index in [-0.39, 0.29) is 4.75 Å². The molecule has 0 aliphatic carbocycles. The molecule has 1 aliphatic heterocycles. The van der Waals surface area contributed by atoms with Crippen molar-refractivity contribution in [2.75, 3.05) is 5.75 Å². The fourth-order valence-electron chi connectivity index (χ4n) is 1.92. The Labute approximate surface area is 108 Å². The molecule has 1 aromatic rings. The number of aromatic nitrogens is 1. The van der Waals surface area contributed by atoms with Gasteiger partial charge in [0.05, 0.1) is 4.75 Å². The van der Waals surface area contributed by atoms with E-state index in [1.807, 2.05) is 6.07 Å². The maximum Gasteiger partial charge on any atom is 0.153 e. The molecule has 1 saturated heterocycles. The summed E-state index contributed by atoms with van der Waals surface area (Å²) in [6.45, 7) is 2.07. The van der Waals surface area contributed by atoms with Gasteiger partial charge in [0.25, 0.3) is 0 Å². The smallest absolute Gasteiger partial charge is 0.153 e. The van der Waals surface area contributed by atoms with Gasteiger partial charge in [0.2, 0.25) is 0 Å². The monoisotopic (exact) mass is 299 g/mol. The SMILES string of the molecule is CC1(C(=O)Cc2cncc(Br)c2)CCCS1. The van der Waals surface area contributed by atoms with E-state index in [2.05, 4.69) is 27.8 Å². The molecule has 1 unspecified atom stereocenters. The Morgan fingerprint density at radius 1 is 1.62 bits per heavy atom. The molecule has 1 fully saturated rings. The van der Waals surface area contributed by atoms with Crippen molar-refractivity contribution in [3.63, 3.8) is 0 Å². The van der Waals surface area contributed by atoms with Crippen molar-refractivity contribution in [3.8, 4) is 0 Å². The molecular weight excluding hydrogens is 286 g/mol. The number of hydrogen-bond donors (Lipinski definition) is 0. The van der Waals surface area contributed by atoms with E-state index in [4.69, 9.17) is 0 Å². The third-order valence-electron chi connectivity index (χ3n) is 2.93. The van der Waals surface area contributed by atoms with Crippen LogP contribution in [0.25, 0.3) is 0 Å². The van der Waals surface area contributed by atoms with Crippen LogP contribution in [0, 0.1) is 0 Å². The van der Waals surface area contributed by atoms with Gasteiger partial charge in [0.15, 0.2) is 5.78 Å². The number of carbonyl (C=O) groups is 1. The van der Waals surface area contributed by atoms with Gasteiger partial charge in [-0.05, 0) is 53.1 Å². The van der Waals surface area contributed by atoms with E-state index in [1.165, 1.54) is 0 Å². The first kappa shape index (κ1) is 12.1. The predicted octanol–water partition coefficient (Wildman–Crippen LogP) is 3.24. The number of Topliss-reactive ketones (excluding diaryl/α,β-unsaturated/α-hetero) is 1. The molecule has 2 nitrogen and oxygen atoms in total. The molecule has 1 aromatic heterocycles. The van der Waals surface area contributed by atoms with E-state index in [1.54, 1.807) is 24.2 Å². The molecule has 4 heteroatoms. The van der Waals surface area contributed by atoms with Crippen molar-refractivity contribution in [2.45, 2.75) is 30.9 Å². The minimum Gasteiger partial charge on any atom is -0.298 e. The average Bonchev–Trinajstić information content (AvgIpc) is 2.66. The van der Waals surface area contributed by atoms with E-state index < -0.39 is 0 Å². The van der Waals surface area contributed by atoms with Crippen molar-refractivity contribution in [3.05, 3.63) is 28.5 Å². The average molecular weight is 300 g/mol. The lowest BCUT2D eigenvalue weighted by Gasteiger charge is -2.20. The fraction of sp³-hybridized carbons (Fsp3) is 0.500. The topological polar surface area (TPSA) is 30.0 Å². The van der Waals surface area contributed by atoms with Crippen molar-refractivity contribution >= 4 is 33.5 Å². The summed E-state index contributed by atoms with van der Waals surface area (Å²) < 4.78 is 0.768. The summed E-state index contributed by atoms with van der Waals surface area (Å²) in [6.07, 6.45) is 6.17. The Morgan fingerprint density at radius 2 is 2.44 bits per heavy atom. The van der Waals surface area contributed by atoms with Crippen molar-refractivity contribution in [1.29, 1.82) is 0 Å². The summed E-state index contributed by atoms with van der Waals surface area (Å²) in [5.74, 6) is 1.44. The highest BCUT2D eigenvalue weighted by Crippen LogP contribution is 2.39. The number of halogens is 1. The Bertz CT molecular complexity index is 402. The maximum absolute atomic E-state index is 12.2. The van der Waals surface area contributed by atoms with Gasteiger partial charge in [0, 0.05) is 23.3 Å². The van der Waals surface area contributed by atoms with Crippen LogP contribution in [0.5, 0.6) is 0 Å². The second-order valence-electron chi connectivity index (χ2n) is 4.29. The predicted molar refractivity (Wildman–Crippen MR) is 70.7 cm³/mol. The summed E-state index contributed by atoms with van der Waals surface area (Å²) in [6, 6.07) is 1.97. The summed E-state index contributed by atoms with van der Waals surface area (Å²) in [7, 11) is 0. The van der Waals surface area contributed by atoms with Gasteiger partial charge in [-0.25, -0.2) is 0 Å². The number of thioether (sulfide) groups is 1. The third kappa shape index (κ3) is 2.66. The molecule has 1 atom stereocenters. The fourth-order valence-corrected chi connectivity index (χ4v) is 3.60. The third-order valence-corrected chi connectivity index (χ3v) is 4.93. The van der Waals surface area contributed by atoms with Crippen LogP contribution in [0.1, 0.15) is 25.3 Å². The zero-order valence-electron chi connectivity index (χ0n) is 9.20. The van der Waals surface area contributed by atoms with Gasteiger partial charge in [-0.3, -0.25) is 9.78 Å². The Morgan fingerprint density at radius 3 is 3.06 bits per heavy atom. The molecule has 0 spiro atoms. The highest BCUT2D eigenvalue weighted by atomic mass is 79.9. The summed E-state index contributed by atoms with van der Waals surface area (Å²) >= 11 is 5.16. The molecule has 0 saturated carbocycles. The maximum atomic E-state index is 12.2. The zero-order valence-corrected chi connectivity index (χ0v) is 11.6. The van der Waals surface area contributed by atoms with E-state index in [9.17, 15) is 4.79 Å². The molecule has 1 aliphatic rings. The van der Waals surface area contributed by atoms with E-state index >= 15 is 0 Å². The lowest BCUT2D eigenvalue weighted by atomic mass is 9.96. The van der Waals surface area contributed by atoms with Crippen LogP contribution in [0.2, 0.25) is 0 Å². The number of rotatable bonds is 3. The molecular formula is C12H14BrNOS. The number of carbonyl (C=O) groups excluding carboxylic acids is 1. The first-order chi connectivity index (χ1) is 7.60. The van der Waals surface area contributed by atoms with E-state index in [0.29, 0.717) is 12.2 Å². The molecule has 16 heavy (non-hydrogen) atoms. The lowest BCUT2D eigenvalue weighted by Crippen LogP contribution is -2.30. The Balaban J connectivity index is 2.07. The molecule has 2 heterocycles. The van der Waals surface area contributed by atoms with Crippen LogP contribution in [0.4, 0.5) is 0 Å². The molecule has 0 bridgehead atoms. The van der Waals surface area contributed by atoms with Crippen LogP contribution in [0.3, 0.4) is 0 Å². The summed E-state index contributed by atoms with van der Waals surface area (Å²) in [4.78, 5) is 16.3. The minimum absolute atomic E-state index is 0.164. The van der Waals surface area contributed by atoms with Gasteiger partial charge < -0.3 is 0 Å². The van der Waals surface area contributed by atoms with Crippen LogP contribution in [-0.2, 0) is 11.2 Å². The molecule has 0 amide bonds. The second kappa shape index (κ2) is 4.88. The lowest BCUT2D eigenvalue weighted by molar-refractivity contribution is -0.120. The zero-order chi connectivity index (χ0) is 11.6. The molecule has 0 N–H and O–H groups in total. The highest BCUT2D eigenvalue weighted by molar-refractivity contribution is 9.10. The normalized spacial score (nSPS) is 24.6. The molecule has 86 valence electrons. The summed E-state index contributed by atoms with van der Waals surface area (Å²) in [5, 5.41) is 0. The largest absolute Gasteiger partial charge is 0.298 e. The first-order valence-corrected chi connectivity index (χ1v) is 7.15. The molecule has 2 rings (SSSR count). The van der Waals surface area contributed by atoms with Crippen molar-refractivity contribution in [2.24, 2.45) is 0 Å². The second-order valence-corrected chi connectivity index (χ2v) is 6.81. The number of nitrogens with zero attached hydrogens (tertiary/aromatic N) is 1. The number of hydrogen-bond acceptors (Lipinski definition) is 3. The van der Waals surface area contributed by atoms with Gasteiger partial charge in [-0.1, -0.05) is 0 Å².